The van der Waals surface area contributed by atoms with Crippen LogP contribution in [0.25, 0.3) is 11.1 Å². The first-order valence-electron chi connectivity index (χ1n) is 9.15. The van der Waals surface area contributed by atoms with E-state index >= 15 is 0 Å². The summed E-state index contributed by atoms with van der Waals surface area (Å²) in [7, 11) is -1.01. The van der Waals surface area contributed by atoms with Crippen LogP contribution in [0.15, 0.2) is 48.5 Å². The first-order chi connectivity index (χ1) is 12.5. The molecule has 0 fully saturated rings. The van der Waals surface area contributed by atoms with Crippen LogP contribution in [0.5, 0.6) is 5.75 Å². The molecule has 5 heteroatoms. The first kappa shape index (κ1) is 18.9. The fourth-order valence-electron chi connectivity index (χ4n) is 3.40. The van der Waals surface area contributed by atoms with Gasteiger partial charge in [-0.3, -0.25) is 9.46 Å². The van der Waals surface area contributed by atoms with Gasteiger partial charge in [0, 0.05) is 12.0 Å². The van der Waals surface area contributed by atoms with Crippen molar-refractivity contribution in [1.29, 1.82) is 0 Å². The van der Waals surface area contributed by atoms with Gasteiger partial charge in [-0.2, -0.15) is 0 Å². The summed E-state index contributed by atoms with van der Waals surface area (Å²) in [5, 5.41) is 0.808. The van der Waals surface area contributed by atoms with E-state index in [4.69, 9.17) is 4.52 Å². The molecule has 0 radical (unpaired) electrons. The molecular formula is C21H26NO3P. The monoisotopic (exact) mass is 371 g/mol. The minimum absolute atomic E-state index is 0.244. The highest BCUT2D eigenvalue weighted by Crippen LogP contribution is 2.54. The number of para-hydroxylation sites is 1. The predicted octanol–water partition coefficient (Wildman–Crippen LogP) is 4.69. The Kier molecular flexibility index (Phi) is 5.95. The number of unbranched alkanes of at least 4 members (excludes halogenated alkanes) is 2. The highest BCUT2D eigenvalue weighted by molar-refractivity contribution is 7.67. The highest BCUT2D eigenvalue weighted by Gasteiger charge is 2.36. The molecule has 2 aromatic rings. The number of fused-ring (bicyclic) bond motifs is 3. The lowest BCUT2D eigenvalue weighted by molar-refractivity contribution is -0.117. The average molecular weight is 371 g/mol. The Bertz CT molecular complexity index is 834. The van der Waals surface area contributed by atoms with E-state index in [-0.39, 0.29) is 5.78 Å². The number of benzene rings is 2. The van der Waals surface area contributed by atoms with Gasteiger partial charge >= 0.3 is 0 Å². The van der Waals surface area contributed by atoms with Crippen LogP contribution in [0.1, 0.15) is 32.6 Å². The van der Waals surface area contributed by atoms with Crippen molar-refractivity contribution in [3.63, 3.8) is 0 Å². The summed E-state index contributed by atoms with van der Waals surface area (Å²) < 4.78 is 19.7. The van der Waals surface area contributed by atoms with E-state index in [0.29, 0.717) is 18.5 Å². The van der Waals surface area contributed by atoms with Gasteiger partial charge < -0.3 is 9.32 Å². The number of Topliss-reactive ketones (excluding diaryl/α,β-unsaturated/α-hetero) is 1. The maximum Gasteiger partial charge on any atom is 0.291 e. The van der Waals surface area contributed by atoms with Crippen LogP contribution in [-0.2, 0) is 9.36 Å². The van der Waals surface area contributed by atoms with Crippen molar-refractivity contribution in [2.45, 2.75) is 32.6 Å². The van der Waals surface area contributed by atoms with Crippen LogP contribution < -0.4 is 9.83 Å². The van der Waals surface area contributed by atoms with Gasteiger partial charge in [0.05, 0.1) is 11.6 Å². The Balaban J connectivity index is 1.70. The van der Waals surface area contributed by atoms with Gasteiger partial charge in [0.25, 0.3) is 7.37 Å². The molecule has 1 aliphatic rings. The van der Waals surface area contributed by atoms with Crippen molar-refractivity contribution < 1.29 is 13.9 Å². The third-order valence-corrected chi connectivity index (χ3v) is 7.16. The van der Waals surface area contributed by atoms with E-state index in [9.17, 15) is 9.36 Å². The molecule has 0 aromatic heterocycles. The van der Waals surface area contributed by atoms with Gasteiger partial charge in [-0.25, -0.2) is 0 Å². The largest absolute Gasteiger partial charge is 0.438 e. The van der Waals surface area contributed by atoms with E-state index in [1.807, 2.05) is 55.6 Å². The molecule has 2 aromatic carbocycles. The second-order valence-corrected chi connectivity index (χ2v) is 9.31. The van der Waals surface area contributed by atoms with Crippen LogP contribution in [-0.4, -0.2) is 30.6 Å². The maximum absolute atomic E-state index is 13.7. The summed E-state index contributed by atoms with van der Waals surface area (Å²) >= 11 is 0. The summed E-state index contributed by atoms with van der Waals surface area (Å²) in [5.74, 6) is 0.943. The third kappa shape index (κ3) is 4.25. The number of rotatable bonds is 8. The highest BCUT2D eigenvalue weighted by atomic mass is 31.2. The zero-order valence-electron chi connectivity index (χ0n) is 15.5. The molecule has 0 spiro atoms. The summed E-state index contributed by atoms with van der Waals surface area (Å²) in [5.41, 5.74) is 2.01. The minimum Gasteiger partial charge on any atom is -0.438 e. The lowest BCUT2D eigenvalue weighted by atomic mass is 10.0. The summed E-state index contributed by atoms with van der Waals surface area (Å²) in [6.45, 7) is 2.47. The molecule has 1 atom stereocenters. The zero-order valence-corrected chi connectivity index (χ0v) is 16.4. The molecule has 138 valence electrons. The Morgan fingerprint density at radius 2 is 1.69 bits per heavy atom. The lowest BCUT2D eigenvalue weighted by Crippen LogP contribution is -2.28. The van der Waals surface area contributed by atoms with Crippen molar-refractivity contribution >= 4 is 18.5 Å². The van der Waals surface area contributed by atoms with Crippen molar-refractivity contribution in [2.24, 2.45) is 0 Å². The van der Waals surface area contributed by atoms with Crippen molar-refractivity contribution in [3.05, 3.63) is 48.5 Å². The number of carbonyl (C=O) groups excluding carboxylic acids is 1. The van der Waals surface area contributed by atoms with E-state index in [1.54, 1.807) is 6.92 Å². The predicted molar refractivity (Wildman–Crippen MR) is 106 cm³/mol. The maximum atomic E-state index is 13.7. The molecular weight excluding hydrogens is 345 g/mol. The SMILES string of the molecule is CC(=O)CCCCCN(C)CP1(=O)Oc2ccccc2-c2ccccc21. The van der Waals surface area contributed by atoms with E-state index in [1.165, 1.54) is 0 Å². The first-order valence-corrected chi connectivity index (χ1v) is 11.0. The summed E-state index contributed by atoms with van der Waals surface area (Å²) in [6.07, 6.45) is 3.96. The van der Waals surface area contributed by atoms with E-state index in [0.717, 1.165) is 42.2 Å². The van der Waals surface area contributed by atoms with Gasteiger partial charge in [0.1, 0.15) is 11.5 Å². The van der Waals surface area contributed by atoms with Gasteiger partial charge in [-0.1, -0.05) is 42.8 Å². The van der Waals surface area contributed by atoms with Crippen LogP contribution in [0, 0.1) is 0 Å². The Labute approximate surface area is 155 Å². The number of hydrogen-bond acceptors (Lipinski definition) is 4. The molecule has 1 heterocycles. The van der Waals surface area contributed by atoms with Crippen LogP contribution >= 0.6 is 7.37 Å². The van der Waals surface area contributed by atoms with E-state index in [2.05, 4.69) is 4.90 Å². The molecule has 0 N–H and O–H groups in total. The lowest BCUT2D eigenvalue weighted by Gasteiger charge is -2.31. The molecule has 1 unspecified atom stereocenters. The molecule has 26 heavy (non-hydrogen) atoms. The van der Waals surface area contributed by atoms with Gasteiger partial charge in [-0.15, -0.1) is 0 Å². The molecule has 0 saturated heterocycles. The molecule has 4 nitrogen and oxygen atoms in total. The van der Waals surface area contributed by atoms with Crippen LogP contribution in [0.3, 0.4) is 0 Å². The smallest absolute Gasteiger partial charge is 0.291 e. The molecule has 0 aliphatic carbocycles. The van der Waals surface area contributed by atoms with Crippen molar-refractivity contribution in [2.75, 3.05) is 19.9 Å². The number of nitrogens with zero attached hydrogens (tertiary/aromatic N) is 1. The third-order valence-electron chi connectivity index (χ3n) is 4.69. The molecule has 0 amide bonds. The number of carbonyl (C=O) groups is 1. The van der Waals surface area contributed by atoms with Gasteiger partial charge in [-0.05, 0) is 51.1 Å². The summed E-state index contributed by atoms with van der Waals surface area (Å²) in [4.78, 5) is 13.1. The standard InChI is InChI=1S/C21H26NO3P/c1-17(23)10-4-3-9-15-22(2)16-26(24)21-14-8-6-12-19(21)18-11-5-7-13-20(18)25-26/h5-8,11-14H,3-4,9-10,15-16H2,1-2H3. The van der Waals surface area contributed by atoms with Crippen LogP contribution in [0.4, 0.5) is 0 Å². The fourth-order valence-corrected chi connectivity index (χ4v) is 5.84. The Hall–Kier alpha value is -1.90. The van der Waals surface area contributed by atoms with Gasteiger partial charge in [0.2, 0.25) is 0 Å². The molecule has 0 saturated carbocycles. The van der Waals surface area contributed by atoms with Crippen LogP contribution in [0.2, 0.25) is 0 Å². The molecule has 1 aliphatic heterocycles. The minimum atomic E-state index is -2.99. The normalized spacial score (nSPS) is 18.1. The summed E-state index contributed by atoms with van der Waals surface area (Å²) in [6, 6.07) is 15.6. The quantitative estimate of drug-likeness (QED) is 0.499. The molecule has 3 rings (SSSR count). The average Bonchev–Trinajstić information content (AvgIpc) is 2.61. The number of ketones is 1. The fraction of sp³-hybridized carbons (Fsp3) is 0.381. The topological polar surface area (TPSA) is 46.6 Å². The second kappa shape index (κ2) is 8.20. The second-order valence-electron chi connectivity index (χ2n) is 7.01. The van der Waals surface area contributed by atoms with Crippen molar-refractivity contribution in [1.82, 2.24) is 4.90 Å². The Morgan fingerprint density at radius 1 is 1.00 bits per heavy atom. The van der Waals surface area contributed by atoms with E-state index < -0.39 is 7.37 Å². The van der Waals surface area contributed by atoms with Crippen molar-refractivity contribution in [3.8, 4) is 16.9 Å². The molecule has 0 bridgehead atoms. The van der Waals surface area contributed by atoms with Gasteiger partial charge in [0.15, 0.2) is 0 Å². The Morgan fingerprint density at radius 3 is 2.46 bits per heavy atom. The zero-order chi connectivity index (χ0) is 18.6. The number of hydrogen-bond donors (Lipinski definition) is 0.